The highest BCUT2D eigenvalue weighted by molar-refractivity contribution is 7.99. The Bertz CT molecular complexity index is 536. The molecule has 0 saturated heterocycles. The summed E-state index contributed by atoms with van der Waals surface area (Å²) in [4.78, 5) is 12.3. The zero-order valence-corrected chi connectivity index (χ0v) is 14.3. The number of rotatable bonds is 7. The van der Waals surface area contributed by atoms with Gasteiger partial charge in [0.15, 0.2) is 0 Å². The average molecular weight is 335 g/mol. The van der Waals surface area contributed by atoms with E-state index in [-0.39, 0.29) is 5.91 Å². The number of aromatic nitrogens is 4. The molecule has 3 aliphatic carbocycles. The maximum Gasteiger partial charge on any atom is 0.230 e. The van der Waals surface area contributed by atoms with Crippen molar-refractivity contribution in [2.24, 2.45) is 11.8 Å². The SMILES string of the molecule is O=C(CSc1nnnn1C1CCCCC1)NC(C1CC1)C1CC1. The van der Waals surface area contributed by atoms with E-state index in [4.69, 9.17) is 0 Å². The summed E-state index contributed by atoms with van der Waals surface area (Å²) in [5, 5.41) is 16.2. The van der Waals surface area contributed by atoms with E-state index < -0.39 is 0 Å². The minimum Gasteiger partial charge on any atom is -0.352 e. The van der Waals surface area contributed by atoms with E-state index in [1.807, 2.05) is 4.68 Å². The lowest BCUT2D eigenvalue weighted by molar-refractivity contribution is -0.119. The Balaban J connectivity index is 1.30. The summed E-state index contributed by atoms with van der Waals surface area (Å²) >= 11 is 1.48. The molecule has 0 spiro atoms. The van der Waals surface area contributed by atoms with Crippen LogP contribution in [0.25, 0.3) is 0 Å². The molecule has 0 atom stereocenters. The van der Waals surface area contributed by atoms with Gasteiger partial charge >= 0.3 is 0 Å². The number of hydrogen-bond acceptors (Lipinski definition) is 5. The molecule has 23 heavy (non-hydrogen) atoms. The van der Waals surface area contributed by atoms with Crippen molar-refractivity contribution in [3.05, 3.63) is 0 Å². The van der Waals surface area contributed by atoms with Gasteiger partial charge < -0.3 is 5.32 Å². The Kier molecular flexibility index (Phi) is 4.55. The molecule has 126 valence electrons. The normalized spacial score (nSPS) is 22.5. The van der Waals surface area contributed by atoms with Crippen molar-refractivity contribution >= 4 is 17.7 Å². The summed E-state index contributed by atoms with van der Waals surface area (Å²) in [6.07, 6.45) is 11.3. The fraction of sp³-hybridized carbons (Fsp3) is 0.875. The minimum absolute atomic E-state index is 0.136. The highest BCUT2D eigenvalue weighted by atomic mass is 32.2. The Morgan fingerprint density at radius 1 is 1.13 bits per heavy atom. The maximum absolute atomic E-state index is 12.3. The fourth-order valence-corrected chi connectivity index (χ4v) is 4.48. The van der Waals surface area contributed by atoms with Gasteiger partial charge in [-0.25, -0.2) is 4.68 Å². The van der Waals surface area contributed by atoms with Crippen molar-refractivity contribution in [1.82, 2.24) is 25.5 Å². The number of hydrogen-bond donors (Lipinski definition) is 1. The zero-order chi connectivity index (χ0) is 15.6. The number of tetrazole rings is 1. The van der Waals surface area contributed by atoms with Gasteiger partial charge in [0.1, 0.15) is 0 Å². The van der Waals surface area contributed by atoms with Crippen LogP contribution in [0, 0.1) is 11.8 Å². The van der Waals surface area contributed by atoms with Gasteiger partial charge in [-0.1, -0.05) is 31.0 Å². The summed E-state index contributed by atoms with van der Waals surface area (Å²) in [5.41, 5.74) is 0. The summed E-state index contributed by atoms with van der Waals surface area (Å²) < 4.78 is 1.94. The van der Waals surface area contributed by atoms with Crippen molar-refractivity contribution < 1.29 is 4.79 Å². The van der Waals surface area contributed by atoms with Gasteiger partial charge in [0.05, 0.1) is 11.8 Å². The molecular weight excluding hydrogens is 310 g/mol. The van der Waals surface area contributed by atoms with Crippen molar-refractivity contribution in [3.63, 3.8) is 0 Å². The molecule has 1 heterocycles. The van der Waals surface area contributed by atoms with Gasteiger partial charge in [-0.05, 0) is 60.8 Å². The monoisotopic (exact) mass is 335 g/mol. The first kappa shape index (κ1) is 15.4. The summed E-state index contributed by atoms with van der Waals surface area (Å²) in [7, 11) is 0. The molecule has 3 aliphatic rings. The third kappa shape index (κ3) is 3.87. The topological polar surface area (TPSA) is 72.7 Å². The van der Waals surface area contributed by atoms with Gasteiger partial charge in [-0.2, -0.15) is 0 Å². The molecule has 3 saturated carbocycles. The van der Waals surface area contributed by atoms with Crippen LogP contribution >= 0.6 is 11.8 Å². The molecule has 0 aromatic carbocycles. The minimum atomic E-state index is 0.136. The predicted octanol–water partition coefficient (Wildman–Crippen LogP) is 2.58. The Morgan fingerprint density at radius 2 is 1.83 bits per heavy atom. The molecule has 0 bridgehead atoms. The molecule has 4 rings (SSSR count). The van der Waals surface area contributed by atoms with Gasteiger partial charge in [0.2, 0.25) is 11.1 Å². The number of nitrogens with one attached hydrogen (secondary N) is 1. The first-order valence-electron chi connectivity index (χ1n) is 9.01. The van der Waals surface area contributed by atoms with Crippen LogP contribution in [0.1, 0.15) is 63.8 Å². The molecule has 1 amide bonds. The lowest BCUT2D eigenvalue weighted by atomic mass is 9.96. The van der Waals surface area contributed by atoms with E-state index in [0.717, 1.165) is 29.8 Å². The predicted molar refractivity (Wildman–Crippen MR) is 88.0 cm³/mol. The molecule has 7 heteroatoms. The number of carbonyl (C=O) groups excluding carboxylic acids is 1. The van der Waals surface area contributed by atoms with Gasteiger partial charge in [-0.15, -0.1) is 5.10 Å². The molecule has 0 unspecified atom stereocenters. The van der Waals surface area contributed by atoms with Crippen molar-refractivity contribution in [1.29, 1.82) is 0 Å². The fourth-order valence-electron chi connectivity index (χ4n) is 3.72. The zero-order valence-electron chi connectivity index (χ0n) is 13.5. The number of thioether (sulfide) groups is 1. The molecule has 1 aromatic rings. The third-order valence-electron chi connectivity index (χ3n) is 5.30. The van der Waals surface area contributed by atoms with Crippen LogP contribution in [0.2, 0.25) is 0 Å². The van der Waals surface area contributed by atoms with Crippen molar-refractivity contribution in [2.75, 3.05) is 5.75 Å². The number of nitrogens with zero attached hydrogens (tertiary/aromatic N) is 4. The van der Waals surface area contributed by atoms with E-state index in [2.05, 4.69) is 20.8 Å². The number of carbonyl (C=O) groups is 1. The Morgan fingerprint density at radius 3 is 2.48 bits per heavy atom. The van der Waals surface area contributed by atoms with E-state index in [9.17, 15) is 4.79 Å². The first-order chi connectivity index (χ1) is 11.3. The molecular formula is C16H25N5OS. The van der Waals surface area contributed by atoms with E-state index in [0.29, 0.717) is 17.8 Å². The molecule has 1 N–H and O–H groups in total. The molecule has 0 radical (unpaired) electrons. The second kappa shape index (κ2) is 6.79. The van der Waals surface area contributed by atoms with Gasteiger partial charge in [-0.3, -0.25) is 4.79 Å². The Hall–Kier alpha value is -1.11. The molecule has 0 aliphatic heterocycles. The second-order valence-electron chi connectivity index (χ2n) is 7.25. The van der Waals surface area contributed by atoms with Gasteiger partial charge in [0, 0.05) is 6.04 Å². The second-order valence-corrected chi connectivity index (χ2v) is 8.20. The smallest absolute Gasteiger partial charge is 0.230 e. The summed E-state index contributed by atoms with van der Waals surface area (Å²) in [6.45, 7) is 0. The quantitative estimate of drug-likeness (QED) is 0.775. The van der Waals surface area contributed by atoms with Gasteiger partial charge in [0.25, 0.3) is 0 Å². The summed E-state index contributed by atoms with van der Waals surface area (Å²) in [5.74, 6) is 2.04. The molecule has 6 nitrogen and oxygen atoms in total. The van der Waals surface area contributed by atoms with Crippen LogP contribution in [0.15, 0.2) is 5.16 Å². The highest BCUT2D eigenvalue weighted by Gasteiger charge is 2.42. The van der Waals surface area contributed by atoms with Crippen molar-refractivity contribution in [3.8, 4) is 0 Å². The summed E-state index contributed by atoms with van der Waals surface area (Å²) in [6, 6.07) is 0.840. The third-order valence-corrected chi connectivity index (χ3v) is 6.24. The van der Waals surface area contributed by atoms with E-state index in [1.165, 1.54) is 56.7 Å². The van der Waals surface area contributed by atoms with Crippen LogP contribution in [0.3, 0.4) is 0 Å². The van der Waals surface area contributed by atoms with Crippen LogP contribution in [0.5, 0.6) is 0 Å². The van der Waals surface area contributed by atoms with Crippen LogP contribution < -0.4 is 5.32 Å². The lowest BCUT2D eigenvalue weighted by Gasteiger charge is -2.22. The standard InChI is InChI=1S/C16H25N5OS/c22-14(17-15(11-6-7-11)12-8-9-12)10-23-16-18-19-20-21(16)13-4-2-1-3-5-13/h11-13,15H,1-10H2,(H,17,22). The first-order valence-corrected chi connectivity index (χ1v) is 10.00. The highest BCUT2D eigenvalue weighted by Crippen LogP contribution is 2.44. The van der Waals surface area contributed by atoms with E-state index in [1.54, 1.807) is 0 Å². The largest absolute Gasteiger partial charge is 0.352 e. The maximum atomic E-state index is 12.3. The van der Waals surface area contributed by atoms with E-state index >= 15 is 0 Å². The molecule has 3 fully saturated rings. The van der Waals surface area contributed by atoms with Crippen molar-refractivity contribution in [2.45, 2.75) is 75.0 Å². The van der Waals surface area contributed by atoms with Crippen LogP contribution in [-0.4, -0.2) is 37.9 Å². The lowest BCUT2D eigenvalue weighted by Crippen LogP contribution is -2.39. The van der Waals surface area contributed by atoms with Crippen LogP contribution in [-0.2, 0) is 4.79 Å². The van der Waals surface area contributed by atoms with Crippen LogP contribution in [0.4, 0.5) is 0 Å². The average Bonchev–Trinajstić information content (AvgIpc) is 3.50. The molecule has 1 aromatic heterocycles. The Labute approximate surface area is 141 Å². The number of amides is 1.